The molecule has 94 valence electrons. The first-order chi connectivity index (χ1) is 8.11. The smallest absolute Gasteiger partial charge is 0.251 e. The summed E-state index contributed by atoms with van der Waals surface area (Å²) < 4.78 is 11.0. The first-order valence-corrected chi connectivity index (χ1v) is 5.48. The lowest BCUT2D eigenvalue weighted by Gasteiger charge is -2.31. The third-order valence-corrected chi connectivity index (χ3v) is 3.30. The Kier molecular flexibility index (Phi) is 2.37. The van der Waals surface area contributed by atoms with Gasteiger partial charge in [-0.3, -0.25) is 4.79 Å². The highest BCUT2D eigenvalue weighted by Gasteiger charge is 2.55. The zero-order valence-electron chi connectivity index (χ0n) is 9.24. The topological polar surface area (TPSA) is 91.3 Å². The van der Waals surface area contributed by atoms with Gasteiger partial charge in [-0.25, -0.2) is 0 Å². The van der Waals surface area contributed by atoms with E-state index in [0.717, 1.165) is 0 Å². The van der Waals surface area contributed by atoms with E-state index in [1.807, 2.05) is 0 Å². The lowest BCUT2D eigenvalue weighted by Crippen LogP contribution is -2.50. The number of aliphatic hydroxyl groups excluding tert-OH is 2. The molecule has 0 unspecified atom stereocenters. The third kappa shape index (κ3) is 1.47. The average molecular weight is 242 g/mol. The van der Waals surface area contributed by atoms with Gasteiger partial charge in [0, 0.05) is 11.8 Å². The number of carbonyl (C=O) groups is 1. The molecule has 7 nitrogen and oxygen atoms in total. The number of nitrogens with one attached hydrogen (secondary N) is 1. The Balaban J connectivity index is 1.86. The van der Waals surface area contributed by atoms with Gasteiger partial charge < -0.3 is 29.9 Å². The van der Waals surface area contributed by atoms with Gasteiger partial charge in [-0.05, 0) is 6.92 Å². The number of rotatable bonds is 1. The maximum Gasteiger partial charge on any atom is 0.251 e. The predicted molar refractivity (Wildman–Crippen MR) is 54.2 cm³/mol. The Morgan fingerprint density at radius 3 is 3.00 bits per heavy atom. The molecule has 0 aromatic heterocycles. The molecule has 2 fully saturated rings. The molecule has 5 atom stereocenters. The van der Waals surface area contributed by atoms with E-state index in [0.29, 0.717) is 5.57 Å². The number of hydrogen-bond donors (Lipinski definition) is 3. The van der Waals surface area contributed by atoms with Crippen LogP contribution in [-0.2, 0) is 14.3 Å². The van der Waals surface area contributed by atoms with Crippen LogP contribution in [0.15, 0.2) is 11.8 Å². The highest BCUT2D eigenvalue weighted by atomic mass is 16.6. The fraction of sp³-hybridized carbons (Fsp3) is 0.700. The zero-order chi connectivity index (χ0) is 12.2. The largest absolute Gasteiger partial charge is 0.394 e. The van der Waals surface area contributed by atoms with Crippen molar-refractivity contribution in [3.05, 3.63) is 11.8 Å². The monoisotopic (exact) mass is 242 g/mol. The summed E-state index contributed by atoms with van der Waals surface area (Å²) in [5.74, 6) is -0.195. The Labute approximate surface area is 97.6 Å². The van der Waals surface area contributed by atoms with E-state index in [-0.39, 0.29) is 12.5 Å². The molecule has 0 aromatic rings. The van der Waals surface area contributed by atoms with Gasteiger partial charge in [-0.15, -0.1) is 0 Å². The molecule has 0 aliphatic carbocycles. The number of nitrogens with zero attached hydrogens (tertiary/aromatic N) is 1. The van der Waals surface area contributed by atoms with Crippen molar-refractivity contribution in [3.8, 4) is 0 Å². The van der Waals surface area contributed by atoms with Crippen LogP contribution in [-0.4, -0.2) is 58.5 Å². The molecule has 0 saturated carbocycles. The van der Waals surface area contributed by atoms with Crippen LogP contribution < -0.4 is 5.32 Å². The SMILES string of the molecule is CC1=CN2[C@H](NC1=O)O[C@@H]1[C@H](O)[C@@H](CO)O[C@H]12. The standard InChI is InChI=1S/C10H14N2O5/c1-4-2-12-9-7(6(14)5(3-13)16-9)17-10(12)11-8(4)15/h2,5-7,9-10,13-14H,3H2,1H3,(H,11,15)/t5-,6-,7-,9-,10+/m1/s1. The minimum atomic E-state index is -0.888. The fourth-order valence-corrected chi connectivity index (χ4v) is 2.37. The molecule has 0 aromatic carbocycles. The third-order valence-electron chi connectivity index (χ3n) is 3.30. The van der Waals surface area contributed by atoms with Crippen LogP contribution in [0.2, 0.25) is 0 Å². The Hall–Kier alpha value is -1.15. The molecule has 3 heterocycles. The lowest BCUT2D eigenvalue weighted by atomic mass is 10.1. The number of carbonyl (C=O) groups excluding carboxylic acids is 1. The highest BCUT2D eigenvalue weighted by molar-refractivity contribution is 5.93. The molecule has 7 heteroatoms. The predicted octanol–water partition coefficient (Wildman–Crippen LogP) is -1.92. The van der Waals surface area contributed by atoms with Crippen molar-refractivity contribution in [1.29, 1.82) is 0 Å². The van der Waals surface area contributed by atoms with Crippen molar-refractivity contribution >= 4 is 5.91 Å². The first kappa shape index (κ1) is 11.0. The molecule has 2 saturated heterocycles. The quantitative estimate of drug-likeness (QED) is 0.496. The second-order valence-corrected chi connectivity index (χ2v) is 4.42. The molecular formula is C10H14N2O5. The van der Waals surface area contributed by atoms with E-state index < -0.39 is 30.9 Å². The van der Waals surface area contributed by atoms with Crippen LogP contribution in [0.5, 0.6) is 0 Å². The van der Waals surface area contributed by atoms with Gasteiger partial charge >= 0.3 is 0 Å². The number of amides is 1. The molecular weight excluding hydrogens is 228 g/mol. The Morgan fingerprint density at radius 2 is 2.29 bits per heavy atom. The maximum atomic E-state index is 11.4. The number of hydrogen-bond acceptors (Lipinski definition) is 6. The number of aliphatic hydroxyl groups is 2. The summed E-state index contributed by atoms with van der Waals surface area (Å²) in [5.41, 5.74) is 0.552. The van der Waals surface area contributed by atoms with Crippen molar-refractivity contribution in [2.45, 2.75) is 37.8 Å². The van der Waals surface area contributed by atoms with Crippen molar-refractivity contribution < 1.29 is 24.5 Å². The summed E-state index contributed by atoms with van der Waals surface area (Å²) >= 11 is 0. The highest BCUT2D eigenvalue weighted by Crippen LogP contribution is 2.35. The van der Waals surface area contributed by atoms with E-state index in [2.05, 4.69) is 5.32 Å². The van der Waals surface area contributed by atoms with Gasteiger partial charge in [0.25, 0.3) is 5.91 Å². The summed E-state index contributed by atoms with van der Waals surface area (Å²) in [7, 11) is 0. The Morgan fingerprint density at radius 1 is 1.53 bits per heavy atom. The van der Waals surface area contributed by atoms with Gasteiger partial charge in [-0.1, -0.05) is 0 Å². The van der Waals surface area contributed by atoms with E-state index >= 15 is 0 Å². The molecule has 0 radical (unpaired) electrons. The average Bonchev–Trinajstić information content (AvgIpc) is 2.78. The summed E-state index contributed by atoms with van der Waals surface area (Å²) in [6.07, 6.45) is -1.50. The summed E-state index contributed by atoms with van der Waals surface area (Å²) in [5, 5.41) is 21.6. The van der Waals surface area contributed by atoms with Gasteiger partial charge in [0.2, 0.25) is 6.35 Å². The minimum Gasteiger partial charge on any atom is -0.394 e. The van der Waals surface area contributed by atoms with Gasteiger partial charge in [0.05, 0.1) is 6.61 Å². The molecule has 3 aliphatic heterocycles. The summed E-state index contributed by atoms with van der Waals surface area (Å²) in [4.78, 5) is 13.1. The molecule has 17 heavy (non-hydrogen) atoms. The van der Waals surface area contributed by atoms with Gasteiger partial charge in [-0.2, -0.15) is 0 Å². The van der Waals surface area contributed by atoms with Crippen LogP contribution in [0.4, 0.5) is 0 Å². The Bertz CT molecular complexity index is 385. The minimum absolute atomic E-state index is 0.195. The van der Waals surface area contributed by atoms with Crippen LogP contribution in [0.25, 0.3) is 0 Å². The fourth-order valence-electron chi connectivity index (χ4n) is 2.37. The van der Waals surface area contributed by atoms with Crippen molar-refractivity contribution in [3.63, 3.8) is 0 Å². The summed E-state index contributed by atoms with van der Waals surface area (Å²) in [6.45, 7) is 1.43. The maximum absolute atomic E-state index is 11.4. The van der Waals surface area contributed by atoms with Crippen LogP contribution in [0, 0.1) is 0 Å². The lowest BCUT2D eigenvalue weighted by molar-refractivity contribution is -0.134. The summed E-state index contributed by atoms with van der Waals surface area (Å²) in [6, 6.07) is 0. The molecule has 0 spiro atoms. The van der Waals surface area contributed by atoms with Gasteiger partial charge in [0.1, 0.15) is 18.3 Å². The van der Waals surface area contributed by atoms with E-state index in [1.165, 1.54) is 0 Å². The second-order valence-electron chi connectivity index (χ2n) is 4.42. The molecule has 3 aliphatic rings. The molecule has 0 bridgehead atoms. The number of fused-ring (bicyclic) bond motifs is 3. The van der Waals surface area contributed by atoms with Crippen molar-refractivity contribution in [2.75, 3.05) is 6.61 Å². The molecule has 3 N–H and O–H groups in total. The van der Waals surface area contributed by atoms with Gasteiger partial charge in [0.15, 0.2) is 6.23 Å². The van der Waals surface area contributed by atoms with E-state index in [1.54, 1.807) is 18.0 Å². The van der Waals surface area contributed by atoms with Crippen LogP contribution >= 0.6 is 0 Å². The van der Waals surface area contributed by atoms with Crippen LogP contribution in [0.1, 0.15) is 6.92 Å². The van der Waals surface area contributed by atoms with Crippen molar-refractivity contribution in [1.82, 2.24) is 10.2 Å². The van der Waals surface area contributed by atoms with E-state index in [9.17, 15) is 9.90 Å². The first-order valence-electron chi connectivity index (χ1n) is 5.48. The normalized spacial score (nSPS) is 44.2. The molecule has 1 amide bonds. The number of ether oxygens (including phenoxy) is 2. The zero-order valence-corrected chi connectivity index (χ0v) is 9.24. The van der Waals surface area contributed by atoms with E-state index in [4.69, 9.17) is 14.6 Å². The molecule has 3 rings (SSSR count). The van der Waals surface area contributed by atoms with Crippen LogP contribution in [0.3, 0.4) is 0 Å². The second kappa shape index (κ2) is 3.67. The van der Waals surface area contributed by atoms with Crippen molar-refractivity contribution in [2.24, 2.45) is 0 Å².